The van der Waals surface area contributed by atoms with Gasteiger partial charge in [0.2, 0.25) is 0 Å². The summed E-state index contributed by atoms with van der Waals surface area (Å²) in [6.45, 7) is 3.40. The highest BCUT2D eigenvalue weighted by Crippen LogP contribution is 2.53. The van der Waals surface area contributed by atoms with Gasteiger partial charge in [-0.15, -0.1) is 0 Å². The summed E-state index contributed by atoms with van der Waals surface area (Å²) >= 11 is 0. The average Bonchev–Trinajstić information content (AvgIpc) is 3.10. The summed E-state index contributed by atoms with van der Waals surface area (Å²) in [4.78, 5) is 56.3. The maximum atomic E-state index is 12.0. The number of benzene rings is 2. The van der Waals surface area contributed by atoms with Gasteiger partial charge < -0.3 is 15.0 Å². The molecule has 0 saturated carbocycles. The van der Waals surface area contributed by atoms with Crippen LogP contribution in [-0.2, 0) is 4.74 Å². The fraction of sp³-hybridized carbons (Fsp3) is 0.350. The van der Waals surface area contributed by atoms with E-state index < -0.39 is 54.6 Å². The highest BCUT2D eigenvalue weighted by atomic mass is 16.6. The minimum Gasteiger partial charge on any atom is -0.447 e. The summed E-state index contributed by atoms with van der Waals surface area (Å²) in [7, 11) is 1.45. The number of hydrogen-bond donors (Lipinski definition) is 1. The van der Waals surface area contributed by atoms with E-state index in [1.54, 1.807) is 13.8 Å². The summed E-state index contributed by atoms with van der Waals surface area (Å²) in [5.41, 5.74) is -3.30. The zero-order valence-corrected chi connectivity index (χ0v) is 19.2. The van der Waals surface area contributed by atoms with E-state index in [4.69, 9.17) is 4.74 Å². The largest absolute Gasteiger partial charge is 0.447 e. The number of nitro groups is 4. The molecular formula is C20H20N6O10. The Morgan fingerprint density at radius 1 is 0.889 bits per heavy atom. The fourth-order valence-corrected chi connectivity index (χ4v) is 3.91. The first-order chi connectivity index (χ1) is 16.8. The molecule has 0 fully saturated rings. The topological polar surface area (TPSA) is 214 Å². The van der Waals surface area contributed by atoms with E-state index in [0.717, 1.165) is 12.1 Å². The van der Waals surface area contributed by atoms with Crippen LogP contribution in [-0.4, -0.2) is 56.9 Å². The zero-order chi connectivity index (χ0) is 26.9. The van der Waals surface area contributed by atoms with Crippen LogP contribution in [0, 0.1) is 40.5 Å². The highest BCUT2D eigenvalue weighted by Gasteiger charge is 2.42. The van der Waals surface area contributed by atoms with Crippen LogP contribution in [0.1, 0.15) is 31.0 Å². The molecule has 1 N–H and O–H groups in total. The Morgan fingerprint density at radius 2 is 1.33 bits per heavy atom. The number of carbonyl (C=O) groups excluding carboxylic acids is 1. The number of nitro benzene ring substituents is 4. The van der Waals surface area contributed by atoms with Crippen molar-refractivity contribution in [3.63, 3.8) is 0 Å². The van der Waals surface area contributed by atoms with Crippen LogP contribution in [0.25, 0.3) is 11.1 Å². The number of amides is 1. The summed E-state index contributed by atoms with van der Waals surface area (Å²) in [5.74, 6) is 0. The molecule has 0 spiro atoms. The summed E-state index contributed by atoms with van der Waals surface area (Å²) in [6, 6.07) is 2.33. The zero-order valence-electron chi connectivity index (χ0n) is 19.2. The van der Waals surface area contributed by atoms with Gasteiger partial charge in [0, 0.05) is 32.3 Å². The lowest BCUT2D eigenvalue weighted by molar-refractivity contribution is -0.395. The van der Waals surface area contributed by atoms with Crippen molar-refractivity contribution in [3.05, 3.63) is 75.8 Å². The molecule has 1 aliphatic rings. The molecule has 0 aliphatic heterocycles. The first-order valence-electron chi connectivity index (χ1n) is 10.4. The van der Waals surface area contributed by atoms with Crippen molar-refractivity contribution in [2.75, 3.05) is 20.1 Å². The number of non-ortho nitro benzene ring substituents is 2. The monoisotopic (exact) mass is 504 g/mol. The highest BCUT2D eigenvalue weighted by molar-refractivity contribution is 5.93. The third-order valence-corrected chi connectivity index (χ3v) is 5.40. The van der Waals surface area contributed by atoms with Crippen molar-refractivity contribution < 1.29 is 29.2 Å². The number of carbonyl (C=O) groups is 1. The van der Waals surface area contributed by atoms with Gasteiger partial charge >= 0.3 is 6.09 Å². The molecule has 0 atom stereocenters. The van der Waals surface area contributed by atoms with Crippen LogP contribution in [0.3, 0.4) is 0 Å². The van der Waals surface area contributed by atoms with E-state index in [1.165, 1.54) is 11.9 Å². The molecule has 0 bridgehead atoms. The van der Waals surface area contributed by atoms with Crippen molar-refractivity contribution in [2.45, 2.75) is 26.0 Å². The molecule has 2 aromatic rings. The van der Waals surface area contributed by atoms with Crippen LogP contribution in [0.15, 0.2) is 24.3 Å². The Bertz CT molecular complexity index is 1210. The van der Waals surface area contributed by atoms with Gasteiger partial charge in [0.1, 0.15) is 0 Å². The first kappa shape index (κ1) is 25.9. The molecular weight excluding hydrogens is 484 g/mol. The van der Waals surface area contributed by atoms with E-state index in [9.17, 15) is 45.3 Å². The number of hydrogen-bond acceptors (Lipinski definition) is 11. The number of nitrogens with one attached hydrogen (secondary N) is 1. The Hall–Kier alpha value is -4.73. The van der Waals surface area contributed by atoms with Crippen molar-refractivity contribution in [3.8, 4) is 11.1 Å². The Kier molecular flexibility index (Phi) is 7.09. The molecule has 0 aromatic heterocycles. The smallest absolute Gasteiger partial charge is 0.409 e. The number of rotatable bonds is 9. The van der Waals surface area contributed by atoms with Crippen LogP contribution < -0.4 is 5.32 Å². The van der Waals surface area contributed by atoms with Gasteiger partial charge in [-0.1, -0.05) is 0 Å². The Balaban J connectivity index is 2.16. The first-order valence-corrected chi connectivity index (χ1v) is 10.4. The Labute approximate surface area is 202 Å². The number of likely N-dealkylation sites (N-methyl/N-ethyl adjacent to an activating group) is 1. The van der Waals surface area contributed by atoms with Crippen LogP contribution in [0.4, 0.5) is 27.5 Å². The molecule has 1 aliphatic carbocycles. The predicted molar refractivity (Wildman–Crippen MR) is 123 cm³/mol. The maximum Gasteiger partial charge on any atom is 0.409 e. The summed E-state index contributed by atoms with van der Waals surface area (Å²) < 4.78 is 5.07. The molecule has 36 heavy (non-hydrogen) atoms. The summed E-state index contributed by atoms with van der Waals surface area (Å²) in [6.07, 6.45) is -1.000. The average molecular weight is 504 g/mol. The number of fused-ring (bicyclic) bond motifs is 3. The van der Waals surface area contributed by atoms with Crippen LogP contribution in [0.5, 0.6) is 0 Å². The van der Waals surface area contributed by atoms with E-state index in [2.05, 4.69) is 5.32 Å². The fourth-order valence-electron chi connectivity index (χ4n) is 3.91. The minimum absolute atomic E-state index is 0.0141. The molecule has 190 valence electrons. The van der Waals surface area contributed by atoms with E-state index >= 15 is 0 Å². The molecule has 2 aromatic carbocycles. The van der Waals surface area contributed by atoms with Crippen LogP contribution >= 0.6 is 0 Å². The van der Waals surface area contributed by atoms with Crippen LogP contribution in [0.2, 0.25) is 0 Å². The van der Waals surface area contributed by atoms with E-state index in [-0.39, 0.29) is 41.4 Å². The molecule has 0 heterocycles. The van der Waals surface area contributed by atoms with Crippen molar-refractivity contribution in [2.24, 2.45) is 0 Å². The standard InChI is InChI=1S/C20H20N6O10/c1-10(2)36-20(27)22(3)5-4-21-19-13-6-11(23(28)29)8-15(25(32)33)17(13)18-14(19)7-12(24(30)31)9-16(18)26(34)35/h6-10,19,21H,4-5H2,1-3H3. The minimum atomic E-state index is -1.11. The predicted octanol–water partition coefficient (Wildman–Crippen LogP) is 3.46. The third-order valence-electron chi connectivity index (χ3n) is 5.40. The molecule has 0 unspecified atom stereocenters. The lowest BCUT2D eigenvalue weighted by atomic mass is 10.0. The van der Waals surface area contributed by atoms with Gasteiger partial charge in [-0.3, -0.25) is 40.5 Å². The van der Waals surface area contributed by atoms with Gasteiger partial charge in [-0.2, -0.15) is 0 Å². The molecule has 0 saturated heterocycles. The van der Waals surface area contributed by atoms with Gasteiger partial charge in [0.25, 0.3) is 22.7 Å². The lowest BCUT2D eigenvalue weighted by Crippen LogP contribution is -2.36. The van der Waals surface area contributed by atoms with Gasteiger partial charge in [-0.05, 0) is 25.0 Å². The van der Waals surface area contributed by atoms with Crippen molar-refractivity contribution in [1.82, 2.24) is 10.2 Å². The second-order valence-electron chi connectivity index (χ2n) is 8.13. The van der Waals surface area contributed by atoms with Gasteiger partial charge in [0.15, 0.2) is 0 Å². The lowest BCUT2D eigenvalue weighted by Gasteiger charge is -2.21. The van der Waals surface area contributed by atoms with E-state index in [1.807, 2.05) is 0 Å². The van der Waals surface area contributed by atoms with Crippen molar-refractivity contribution in [1.29, 1.82) is 0 Å². The second kappa shape index (κ2) is 9.87. The number of nitrogens with zero attached hydrogens (tertiary/aromatic N) is 5. The maximum absolute atomic E-state index is 12.0. The van der Waals surface area contributed by atoms with Gasteiger partial charge in [-0.25, -0.2) is 4.79 Å². The molecule has 3 rings (SSSR count). The Morgan fingerprint density at radius 3 is 1.69 bits per heavy atom. The van der Waals surface area contributed by atoms with Gasteiger partial charge in [0.05, 0.1) is 55.1 Å². The molecule has 0 radical (unpaired) electrons. The summed E-state index contributed by atoms with van der Waals surface area (Å²) in [5, 5.41) is 49.5. The molecule has 1 amide bonds. The normalized spacial score (nSPS) is 12.1. The second-order valence-corrected chi connectivity index (χ2v) is 8.13. The van der Waals surface area contributed by atoms with E-state index in [0.29, 0.717) is 12.1 Å². The van der Waals surface area contributed by atoms with Crippen molar-refractivity contribution >= 4 is 28.8 Å². The third kappa shape index (κ3) is 4.88. The SMILES string of the molecule is CC(C)OC(=O)N(C)CCNC1c2cc([N+](=O)[O-])cc([N+](=O)[O-])c2-c2c1cc([N+](=O)[O-])cc2[N+](=O)[O-]. The molecule has 16 nitrogen and oxygen atoms in total. The quantitative estimate of drug-likeness (QED) is 0.385. The number of ether oxygens (including phenoxy) is 1. The molecule has 16 heteroatoms.